The Kier molecular flexibility index (Phi) is 18.5. The summed E-state index contributed by atoms with van der Waals surface area (Å²) in [7, 11) is 0. The Balaban J connectivity index is 0.000000106. The molecule has 0 amide bonds. The molecule has 0 atom stereocenters. The van der Waals surface area contributed by atoms with E-state index in [-0.39, 0.29) is 0 Å². The van der Waals surface area contributed by atoms with Crippen molar-refractivity contribution in [3.8, 4) is 78.4 Å². The SMILES string of the molecule is [C-]#[N+]c1ccc2c(c1)c1ccccc1n2-c1ccc2c(c1)CSCc1ccc(-c3ccc4c(c3)oc3ccccc34)cc1-2.[C-]#[N+]c1ccc2c(c1)c1ccccc1n2-c1ccc2c(c1)CSCc1ccc(-c3cccc4c3oc3ccccc34)cc1-2.[C-]#[N+]c1ccc2c(c1)c1ccccc1n2-c1ccc2c(c1)CSCc1ccc(-n3c4ccccc4c4cc([N+]#[C-])ccc43)cc1-2. The molecule has 3 aliphatic heterocycles. The van der Waals surface area contributed by atoms with E-state index in [4.69, 9.17) is 35.1 Å². The van der Waals surface area contributed by atoms with Gasteiger partial charge in [0.1, 0.15) is 22.3 Å². The fraction of sp³-hybridized carbons (Fsp3) is 0.0508. The van der Waals surface area contributed by atoms with Gasteiger partial charge in [0.15, 0.2) is 22.7 Å². The minimum absolute atomic E-state index is 0.657. The van der Waals surface area contributed by atoms with Crippen molar-refractivity contribution in [2.75, 3.05) is 0 Å². The number of hydrogen-bond donors (Lipinski definition) is 0. The minimum Gasteiger partial charge on any atom is -0.456 e. The lowest BCUT2D eigenvalue weighted by atomic mass is 9.92. The highest BCUT2D eigenvalue weighted by atomic mass is 32.2. The van der Waals surface area contributed by atoms with Crippen molar-refractivity contribution in [3.05, 3.63) is 443 Å². The highest BCUT2D eigenvalue weighted by Gasteiger charge is 2.27. The second kappa shape index (κ2) is 31.4. The van der Waals surface area contributed by atoms with Crippen LogP contribution in [-0.2, 0) is 34.5 Å². The maximum atomic E-state index is 7.55. The van der Waals surface area contributed by atoms with Crippen LogP contribution in [0, 0.1) is 26.3 Å². The molecular weight excluding hydrogens is 1660 g/mol. The molecule has 0 saturated carbocycles. The number of aromatic nitrogens is 4. The minimum atomic E-state index is 0.657. The van der Waals surface area contributed by atoms with Crippen LogP contribution in [0.4, 0.5) is 22.7 Å². The van der Waals surface area contributed by atoms with Crippen LogP contribution in [0.5, 0.6) is 0 Å². The highest BCUT2D eigenvalue weighted by molar-refractivity contribution is 7.98. The number of fused-ring (bicyclic) bond motifs is 27. The molecule has 0 fully saturated rings. The molecule has 131 heavy (non-hydrogen) atoms. The van der Waals surface area contributed by atoms with E-state index in [1.807, 2.05) is 108 Å². The Morgan fingerprint density at radius 1 is 0.198 bits per heavy atom. The maximum absolute atomic E-state index is 7.55. The quantitative estimate of drug-likeness (QED) is 0.155. The van der Waals surface area contributed by atoms with Crippen molar-refractivity contribution in [1.29, 1.82) is 0 Å². The first-order chi connectivity index (χ1) is 64.7. The van der Waals surface area contributed by atoms with Gasteiger partial charge < -0.3 is 27.1 Å². The van der Waals surface area contributed by atoms with Gasteiger partial charge in [0.05, 0.1) is 70.4 Å². The summed E-state index contributed by atoms with van der Waals surface area (Å²) in [6, 6.07) is 129. The molecule has 24 aromatic rings. The van der Waals surface area contributed by atoms with Gasteiger partial charge in [-0.25, -0.2) is 19.4 Å². The van der Waals surface area contributed by atoms with Crippen molar-refractivity contribution in [2.45, 2.75) is 34.5 Å². The van der Waals surface area contributed by atoms with E-state index in [9.17, 15) is 0 Å². The highest BCUT2D eigenvalue weighted by Crippen LogP contribution is 2.49. The molecule has 614 valence electrons. The molecule has 0 N–H and O–H groups in total. The molecule has 27 rings (SSSR count). The topological polar surface area (TPSA) is 63.4 Å². The smallest absolute Gasteiger partial charge is 0.188 e. The molecule has 13 heteroatoms. The van der Waals surface area contributed by atoms with Crippen LogP contribution < -0.4 is 0 Å². The van der Waals surface area contributed by atoms with Crippen LogP contribution in [0.1, 0.15) is 33.4 Å². The number of furan rings is 2. The molecule has 0 unspecified atom stereocenters. The Labute approximate surface area is 766 Å². The van der Waals surface area contributed by atoms with Gasteiger partial charge in [0.25, 0.3) is 0 Å². The molecule has 18 aromatic carbocycles. The number of hydrogen-bond acceptors (Lipinski definition) is 5. The summed E-state index contributed by atoms with van der Waals surface area (Å²) in [6.45, 7) is 30.1. The van der Waals surface area contributed by atoms with E-state index in [1.54, 1.807) is 0 Å². The van der Waals surface area contributed by atoms with Crippen LogP contribution in [-0.4, -0.2) is 18.3 Å². The maximum Gasteiger partial charge on any atom is 0.188 e. The van der Waals surface area contributed by atoms with Gasteiger partial charge in [-0.15, -0.1) is 0 Å². The summed E-state index contributed by atoms with van der Waals surface area (Å²) in [5.74, 6) is 5.75. The molecule has 0 aliphatic carbocycles. The first-order valence-corrected chi connectivity index (χ1v) is 47.2. The molecule has 0 saturated heterocycles. The van der Waals surface area contributed by atoms with E-state index in [0.29, 0.717) is 22.7 Å². The van der Waals surface area contributed by atoms with Crippen LogP contribution in [0.3, 0.4) is 0 Å². The van der Waals surface area contributed by atoms with E-state index in [1.165, 1.54) is 88.7 Å². The van der Waals surface area contributed by atoms with Gasteiger partial charge in [-0.3, -0.25) is 0 Å². The lowest BCUT2D eigenvalue weighted by molar-refractivity contribution is 0.669. The average molecular weight is 1730 g/mol. The largest absolute Gasteiger partial charge is 0.456 e. The summed E-state index contributed by atoms with van der Waals surface area (Å²) in [6.07, 6.45) is 0. The van der Waals surface area contributed by atoms with Gasteiger partial charge in [-0.05, 0) is 263 Å². The number of rotatable bonds is 6. The Morgan fingerprint density at radius 3 is 0.947 bits per heavy atom. The van der Waals surface area contributed by atoms with Crippen molar-refractivity contribution < 1.29 is 8.83 Å². The zero-order chi connectivity index (χ0) is 87.1. The zero-order valence-corrected chi connectivity index (χ0v) is 73.0. The van der Waals surface area contributed by atoms with Gasteiger partial charge >= 0.3 is 0 Å². The van der Waals surface area contributed by atoms with Gasteiger partial charge in [0.2, 0.25) is 0 Å². The predicted molar refractivity (Wildman–Crippen MR) is 548 cm³/mol. The van der Waals surface area contributed by atoms with Gasteiger partial charge in [-0.1, -0.05) is 206 Å². The zero-order valence-electron chi connectivity index (χ0n) is 70.5. The molecule has 3 aliphatic rings. The van der Waals surface area contributed by atoms with E-state index >= 15 is 0 Å². The van der Waals surface area contributed by atoms with Crippen LogP contribution in [0.2, 0.25) is 0 Å². The molecule has 10 nitrogen and oxygen atoms in total. The standard InChI is InChI=1S/C40H24N4S.2C39H24N2OS/c1-41-27-12-17-39-35(20-27)32-7-3-5-9-37(32)43(39)29-15-16-31-26(19-29)24-45-23-25-11-14-30(22-34(25)31)44-38-10-6-4-8-33(38)36-21-28(42-2)13-18-40(36)44;1-40-27-15-18-37-35(21-27)31-7-2-4-11-36(31)41(37)28-16-17-29-26(19-28)23-43-22-25-14-13-24(20-34(25)29)30-9-6-10-33-32-8-3-5-12-38(32)42-39(30)33;1-40-28-13-17-37-35(21-28)31-6-2-4-8-36(31)41(37)29-14-16-30-27(18-29)23-43-22-26-11-10-24(19-34(26)30)25-12-15-33-32-7-3-5-9-38(32)42-39(33)20-25/h3-22H,23-24H2;2*2-21H,22-23H2. The molecule has 0 bridgehead atoms. The summed E-state index contributed by atoms with van der Waals surface area (Å²) in [5, 5.41) is 13.7. The van der Waals surface area contributed by atoms with Gasteiger partial charge in [-0.2, -0.15) is 35.3 Å². The number of benzene rings is 18. The number of para-hydroxylation sites is 7. The van der Waals surface area contributed by atoms with Crippen molar-refractivity contribution in [2.24, 2.45) is 0 Å². The molecule has 0 spiro atoms. The number of thioether (sulfide) groups is 3. The van der Waals surface area contributed by atoms with Gasteiger partial charge in [0, 0.05) is 106 Å². The first-order valence-electron chi connectivity index (χ1n) is 43.7. The molecule has 6 aromatic heterocycles. The fourth-order valence-corrected chi connectivity index (χ4v) is 23.7. The fourth-order valence-electron chi connectivity index (χ4n) is 20.6. The Bertz CT molecular complexity index is 9200. The third-order valence-corrected chi connectivity index (χ3v) is 29.7. The second-order valence-corrected chi connectivity index (χ2v) is 36.8. The monoisotopic (exact) mass is 1730 g/mol. The van der Waals surface area contributed by atoms with Crippen LogP contribution >= 0.6 is 35.3 Å². The third kappa shape index (κ3) is 12.8. The number of nitrogens with zero attached hydrogens (tertiary/aromatic N) is 8. The molecule has 0 radical (unpaired) electrons. The summed E-state index contributed by atoms with van der Waals surface area (Å²) in [5.41, 5.74) is 40.4. The lowest BCUT2D eigenvalue weighted by Gasteiger charge is -2.16. The lowest BCUT2D eigenvalue weighted by Crippen LogP contribution is -1.98. The predicted octanol–water partition coefficient (Wildman–Crippen LogP) is 34.0. The van der Waals surface area contributed by atoms with Crippen LogP contribution in [0.25, 0.3) is 229 Å². The van der Waals surface area contributed by atoms with E-state index in [0.717, 1.165) is 189 Å². The summed E-state index contributed by atoms with van der Waals surface area (Å²) < 4.78 is 22.0. The van der Waals surface area contributed by atoms with Crippen molar-refractivity contribution >= 4 is 189 Å². The van der Waals surface area contributed by atoms with E-state index < -0.39 is 0 Å². The average Bonchev–Trinajstić information content (AvgIpc) is 1.60. The van der Waals surface area contributed by atoms with Crippen LogP contribution in [0.15, 0.2) is 373 Å². The third-order valence-electron chi connectivity index (χ3n) is 26.6. The van der Waals surface area contributed by atoms with E-state index in [2.05, 4.69) is 329 Å². The Hall–Kier alpha value is -16.2. The summed E-state index contributed by atoms with van der Waals surface area (Å²) >= 11 is 5.89. The van der Waals surface area contributed by atoms with Crippen molar-refractivity contribution in [3.63, 3.8) is 0 Å². The molecular formula is C118H72N8O2S3. The second-order valence-electron chi connectivity index (χ2n) is 33.8. The molecule has 9 heterocycles. The first kappa shape index (κ1) is 77.1. The normalized spacial score (nSPS) is 12.7. The van der Waals surface area contributed by atoms with Crippen molar-refractivity contribution in [1.82, 2.24) is 18.3 Å². The summed E-state index contributed by atoms with van der Waals surface area (Å²) in [4.78, 5) is 14.8. The Morgan fingerprint density at radius 2 is 0.511 bits per heavy atom.